The van der Waals surface area contributed by atoms with Crippen molar-refractivity contribution in [1.29, 1.82) is 0 Å². The summed E-state index contributed by atoms with van der Waals surface area (Å²) in [5, 5.41) is 2.84. The lowest BCUT2D eigenvalue weighted by molar-refractivity contribution is 0.0947. The van der Waals surface area contributed by atoms with Crippen molar-refractivity contribution >= 4 is 5.91 Å². The Morgan fingerprint density at radius 2 is 1.35 bits per heavy atom. The van der Waals surface area contributed by atoms with Gasteiger partial charge >= 0.3 is 0 Å². The van der Waals surface area contributed by atoms with E-state index in [9.17, 15) is 4.79 Å². The summed E-state index contributed by atoms with van der Waals surface area (Å²) in [6, 6.07) is 26.6. The van der Waals surface area contributed by atoms with Gasteiger partial charge in [0.1, 0.15) is 24.7 Å². The van der Waals surface area contributed by atoms with E-state index in [-0.39, 0.29) is 5.91 Å². The van der Waals surface area contributed by atoms with Gasteiger partial charge in [-0.05, 0) is 42.0 Å². The molecule has 3 rings (SSSR count). The largest absolute Gasteiger partial charge is 0.492 e. The van der Waals surface area contributed by atoms with Crippen molar-refractivity contribution < 1.29 is 14.3 Å². The number of nitrogens with one attached hydrogen (secondary N) is 1. The summed E-state index contributed by atoms with van der Waals surface area (Å²) in [5.74, 6) is 1.40. The third-order valence-electron chi connectivity index (χ3n) is 3.76. The van der Waals surface area contributed by atoms with E-state index >= 15 is 0 Å². The van der Waals surface area contributed by atoms with Crippen molar-refractivity contribution in [2.75, 3.05) is 13.2 Å². The molecule has 0 aliphatic heterocycles. The minimum atomic E-state index is -0.128. The van der Waals surface area contributed by atoms with E-state index in [0.717, 1.165) is 17.1 Å². The first kappa shape index (κ1) is 17.5. The average molecular weight is 347 g/mol. The average Bonchev–Trinajstić information content (AvgIpc) is 2.71. The highest BCUT2D eigenvalue weighted by Gasteiger charge is 2.05. The molecule has 0 aromatic heterocycles. The molecule has 0 fully saturated rings. The highest BCUT2D eigenvalue weighted by atomic mass is 16.5. The minimum Gasteiger partial charge on any atom is -0.492 e. The molecule has 0 aliphatic rings. The van der Waals surface area contributed by atoms with Crippen molar-refractivity contribution in [2.24, 2.45) is 0 Å². The van der Waals surface area contributed by atoms with Gasteiger partial charge in [0.05, 0.1) is 6.54 Å². The molecule has 0 atom stereocenters. The summed E-state index contributed by atoms with van der Waals surface area (Å²) in [7, 11) is 0. The number of hydrogen-bond donors (Lipinski definition) is 1. The summed E-state index contributed by atoms with van der Waals surface area (Å²) in [5.41, 5.74) is 1.70. The van der Waals surface area contributed by atoms with Crippen LogP contribution >= 0.6 is 0 Å². The second-order valence-corrected chi connectivity index (χ2v) is 5.72. The number of benzene rings is 3. The van der Waals surface area contributed by atoms with Crippen LogP contribution < -0.4 is 14.8 Å². The molecule has 0 saturated heterocycles. The van der Waals surface area contributed by atoms with Gasteiger partial charge in [0, 0.05) is 5.56 Å². The zero-order chi connectivity index (χ0) is 18.0. The van der Waals surface area contributed by atoms with Crippen molar-refractivity contribution in [1.82, 2.24) is 5.32 Å². The number of para-hydroxylation sites is 1. The summed E-state index contributed by atoms with van der Waals surface area (Å²) >= 11 is 0. The van der Waals surface area contributed by atoms with Gasteiger partial charge in [-0.3, -0.25) is 4.79 Å². The lowest BCUT2D eigenvalue weighted by Gasteiger charge is -2.09. The molecule has 3 aromatic carbocycles. The highest BCUT2D eigenvalue weighted by molar-refractivity contribution is 5.94. The SMILES string of the molecule is O=C(NCCOc1ccccc1)c1ccc(OCc2ccccc2)cc1. The predicted molar refractivity (Wildman–Crippen MR) is 101 cm³/mol. The topological polar surface area (TPSA) is 47.6 Å². The molecule has 0 heterocycles. The molecular formula is C22H21NO3. The van der Waals surface area contributed by atoms with E-state index in [2.05, 4.69) is 5.32 Å². The predicted octanol–water partition coefficient (Wildman–Crippen LogP) is 4.07. The van der Waals surface area contributed by atoms with Gasteiger partial charge in [-0.2, -0.15) is 0 Å². The van der Waals surface area contributed by atoms with E-state index in [1.165, 1.54) is 0 Å². The Morgan fingerprint density at radius 1 is 0.731 bits per heavy atom. The van der Waals surface area contributed by atoms with Crippen LogP contribution in [0.15, 0.2) is 84.9 Å². The molecule has 1 N–H and O–H groups in total. The van der Waals surface area contributed by atoms with Gasteiger partial charge in [-0.15, -0.1) is 0 Å². The zero-order valence-corrected chi connectivity index (χ0v) is 14.4. The number of carbonyl (C=O) groups is 1. The summed E-state index contributed by atoms with van der Waals surface area (Å²) < 4.78 is 11.3. The minimum absolute atomic E-state index is 0.128. The Hall–Kier alpha value is -3.27. The van der Waals surface area contributed by atoms with Crippen LogP contribution in [-0.2, 0) is 6.61 Å². The van der Waals surface area contributed by atoms with Crippen LogP contribution in [0.1, 0.15) is 15.9 Å². The number of rotatable bonds is 8. The fourth-order valence-corrected chi connectivity index (χ4v) is 2.40. The standard InChI is InChI=1S/C22H21NO3/c24-22(23-15-16-25-20-9-5-2-6-10-20)19-11-13-21(14-12-19)26-17-18-7-3-1-4-8-18/h1-14H,15-17H2,(H,23,24). The lowest BCUT2D eigenvalue weighted by Crippen LogP contribution is -2.28. The summed E-state index contributed by atoms with van der Waals surface area (Å²) in [6.07, 6.45) is 0. The molecule has 0 radical (unpaired) electrons. The molecule has 0 bridgehead atoms. The van der Waals surface area contributed by atoms with Gasteiger partial charge in [-0.25, -0.2) is 0 Å². The molecule has 4 nitrogen and oxygen atoms in total. The van der Waals surface area contributed by atoms with E-state index in [1.54, 1.807) is 24.3 Å². The first-order valence-electron chi connectivity index (χ1n) is 8.54. The number of carbonyl (C=O) groups excluding carboxylic acids is 1. The zero-order valence-electron chi connectivity index (χ0n) is 14.4. The first-order valence-corrected chi connectivity index (χ1v) is 8.54. The summed E-state index contributed by atoms with van der Waals surface area (Å²) in [6.45, 7) is 1.37. The molecule has 4 heteroatoms. The van der Waals surface area contributed by atoms with Crippen molar-refractivity contribution in [3.63, 3.8) is 0 Å². The second-order valence-electron chi connectivity index (χ2n) is 5.72. The normalized spacial score (nSPS) is 10.2. The maximum Gasteiger partial charge on any atom is 0.251 e. The number of ether oxygens (including phenoxy) is 2. The van der Waals surface area contributed by atoms with Gasteiger partial charge in [0.15, 0.2) is 0 Å². The lowest BCUT2D eigenvalue weighted by atomic mass is 10.2. The molecule has 1 amide bonds. The Bertz CT molecular complexity index is 802. The van der Waals surface area contributed by atoms with Crippen LogP contribution in [0.5, 0.6) is 11.5 Å². The van der Waals surface area contributed by atoms with Gasteiger partial charge in [0.2, 0.25) is 0 Å². The van der Waals surface area contributed by atoms with E-state index in [0.29, 0.717) is 25.3 Å². The van der Waals surface area contributed by atoms with Crippen LogP contribution in [0.2, 0.25) is 0 Å². The molecule has 0 aliphatic carbocycles. The van der Waals surface area contributed by atoms with E-state index < -0.39 is 0 Å². The molecule has 3 aromatic rings. The van der Waals surface area contributed by atoms with E-state index in [1.807, 2.05) is 60.7 Å². The van der Waals surface area contributed by atoms with Crippen LogP contribution in [0.25, 0.3) is 0 Å². The van der Waals surface area contributed by atoms with Gasteiger partial charge < -0.3 is 14.8 Å². The Balaban J connectivity index is 1.41. The molecule has 26 heavy (non-hydrogen) atoms. The van der Waals surface area contributed by atoms with Crippen LogP contribution in [0.4, 0.5) is 0 Å². The third kappa shape index (κ3) is 5.38. The molecule has 0 unspecified atom stereocenters. The smallest absolute Gasteiger partial charge is 0.251 e. The monoisotopic (exact) mass is 347 g/mol. The Labute approximate surface area is 153 Å². The van der Waals surface area contributed by atoms with Crippen LogP contribution in [-0.4, -0.2) is 19.1 Å². The highest BCUT2D eigenvalue weighted by Crippen LogP contribution is 2.14. The molecular weight excluding hydrogens is 326 g/mol. The maximum atomic E-state index is 12.1. The van der Waals surface area contributed by atoms with Crippen LogP contribution in [0, 0.1) is 0 Å². The fourth-order valence-electron chi connectivity index (χ4n) is 2.40. The second kappa shape index (κ2) is 9.28. The number of amides is 1. The summed E-state index contributed by atoms with van der Waals surface area (Å²) in [4.78, 5) is 12.1. The number of hydrogen-bond acceptors (Lipinski definition) is 3. The Morgan fingerprint density at radius 3 is 2.04 bits per heavy atom. The van der Waals surface area contributed by atoms with Crippen molar-refractivity contribution in [3.05, 3.63) is 96.1 Å². The van der Waals surface area contributed by atoms with Crippen molar-refractivity contribution in [3.8, 4) is 11.5 Å². The quantitative estimate of drug-likeness (QED) is 0.625. The van der Waals surface area contributed by atoms with Crippen LogP contribution in [0.3, 0.4) is 0 Å². The molecule has 132 valence electrons. The first-order chi connectivity index (χ1) is 12.8. The fraction of sp³-hybridized carbons (Fsp3) is 0.136. The maximum absolute atomic E-state index is 12.1. The van der Waals surface area contributed by atoms with Gasteiger partial charge in [-0.1, -0.05) is 48.5 Å². The molecule has 0 saturated carbocycles. The third-order valence-corrected chi connectivity index (χ3v) is 3.76. The Kier molecular flexibility index (Phi) is 6.26. The van der Waals surface area contributed by atoms with Crippen molar-refractivity contribution in [2.45, 2.75) is 6.61 Å². The molecule has 0 spiro atoms. The van der Waals surface area contributed by atoms with Gasteiger partial charge in [0.25, 0.3) is 5.91 Å². The van der Waals surface area contributed by atoms with E-state index in [4.69, 9.17) is 9.47 Å².